The van der Waals surface area contributed by atoms with Gasteiger partial charge in [0.1, 0.15) is 5.00 Å². The summed E-state index contributed by atoms with van der Waals surface area (Å²) in [5.74, 6) is 0.629. The van der Waals surface area contributed by atoms with Crippen molar-refractivity contribution in [2.24, 2.45) is 0 Å². The minimum atomic E-state index is 0.629. The number of hydrogen-bond acceptors (Lipinski definition) is 6. The molecule has 0 amide bonds. The van der Waals surface area contributed by atoms with Crippen molar-refractivity contribution >= 4 is 61.4 Å². The molecule has 0 atom stereocenters. The first-order valence-electron chi connectivity index (χ1n) is 4.98. The summed E-state index contributed by atoms with van der Waals surface area (Å²) in [6, 6.07) is 4.23. The van der Waals surface area contributed by atoms with Crippen LogP contribution in [0.4, 0.5) is 10.8 Å². The van der Waals surface area contributed by atoms with Crippen LogP contribution in [0.2, 0.25) is 0 Å². The molecule has 0 fully saturated rings. The van der Waals surface area contributed by atoms with Gasteiger partial charge in [0.05, 0.1) is 8.68 Å². The Hall–Kier alpha value is -0.240. The minimum Gasteiger partial charge on any atom is -0.382 e. The van der Waals surface area contributed by atoms with Crippen LogP contribution in [0.25, 0.3) is 0 Å². The quantitative estimate of drug-likeness (QED) is 0.803. The third-order valence-corrected chi connectivity index (χ3v) is 5.62. The summed E-state index contributed by atoms with van der Waals surface area (Å²) in [5.41, 5.74) is 5.77. The van der Waals surface area contributed by atoms with Gasteiger partial charge in [0.25, 0.3) is 0 Å². The van der Waals surface area contributed by atoms with Crippen molar-refractivity contribution in [3.63, 3.8) is 0 Å². The van der Waals surface area contributed by atoms with Gasteiger partial charge in [-0.15, -0.1) is 23.1 Å². The number of thioether (sulfide) groups is 1. The number of aromatic nitrogens is 1. The van der Waals surface area contributed by atoms with Crippen molar-refractivity contribution in [1.29, 1.82) is 0 Å². The number of nitrogens with one attached hydrogen (secondary N) is 1. The summed E-state index contributed by atoms with van der Waals surface area (Å²) in [5, 5.41) is 4.46. The molecular formula is C10H12BrN3S3. The lowest BCUT2D eigenvalue weighted by atomic mass is 10.3. The van der Waals surface area contributed by atoms with E-state index in [0.29, 0.717) is 5.82 Å². The normalized spacial score (nSPS) is 10.7. The van der Waals surface area contributed by atoms with Gasteiger partial charge < -0.3 is 11.1 Å². The van der Waals surface area contributed by atoms with Crippen molar-refractivity contribution < 1.29 is 0 Å². The lowest BCUT2D eigenvalue weighted by Crippen LogP contribution is -2.03. The van der Waals surface area contributed by atoms with Crippen LogP contribution >= 0.6 is 50.6 Å². The van der Waals surface area contributed by atoms with Gasteiger partial charge >= 0.3 is 0 Å². The molecule has 0 unspecified atom stereocenters. The molecule has 92 valence electrons. The molecule has 0 spiro atoms. The van der Waals surface area contributed by atoms with E-state index in [1.165, 1.54) is 20.2 Å². The van der Waals surface area contributed by atoms with Crippen molar-refractivity contribution in [2.75, 3.05) is 23.9 Å². The van der Waals surface area contributed by atoms with Gasteiger partial charge in [-0.3, -0.25) is 0 Å². The third kappa shape index (κ3) is 3.37. The number of hydrogen-bond donors (Lipinski definition) is 2. The van der Waals surface area contributed by atoms with E-state index in [9.17, 15) is 0 Å². The van der Waals surface area contributed by atoms with E-state index in [2.05, 4.69) is 37.8 Å². The highest BCUT2D eigenvalue weighted by Gasteiger charge is 2.09. The monoisotopic (exact) mass is 349 g/mol. The maximum atomic E-state index is 5.77. The van der Waals surface area contributed by atoms with Crippen molar-refractivity contribution in [2.45, 2.75) is 11.3 Å². The van der Waals surface area contributed by atoms with E-state index in [1.54, 1.807) is 23.1 Å². The summed E-state index contributed by atoms with van der Waals surface area (Å²) in [6.07, 6.45) is 3.03. The van der Waals surface area contributed by atoms with E-state index in [1.807, 2.05) is 6.26 Å². The maximum Gasteiger partial charge on any atom is 0.153 e. The zero-order valence-electron chi connectivity index (χ0n) is 9.20. The topological polar surface area (TPSA) is 50.9 Å². The SMILES string of the molecule is CSc1c(N)nsc1NCCc1ccc(Br)s1. The Morgan fingerprint density at radius 3 is 3.00 bits per heavy atom. The third-order valence-electron chi connectivity index (χ3n) is 2.16. The first-order chi connectivity index (χ1) is 8.20. The second-order valence-corrected chi connectivity index (χ2v) is 7.45. The van der Waals surface area contributed by atoms with Crippen molar-refractivity contribution in [1.82, 2.24) is 4.37 Å². The number of nitrogens with zero attached hydrogens (tertiary/aromatic N) is 1. The molecule has 0 aliphatic rings. The fourth-order valence-electron chi connectivity index (χ4n) is 1.39. The second kappa shape index (κ2) is 6.08. The summed E-state index contributed by atoms with van der Waals surface area (Å²) in [4.78, 5) is 2.43. The number of halogens is 1. The maximum absolute atomic E-state index is 5.77. The van der Waals surface area contributed by atoms with E-state index in [0.717, 1.165) is 22.9 Å². The van der Waals surface area contributed by atoms with Crippen LogP contribution in [0, 0.1) is 0 Å². The number of rotatable bonds is 5. The number of thiophene rings is 1. The minimum absolute atomic E-state index is 0.629. The van der Waals surface area contributed by atoms with Crippen LogP contribution in [0.3, 0.4) is 0 Å². The van der Waals surface area contributed by atoms with Crippen LogP contribution in [-0.4, -0.2) is 17.2 Å². The van der Waals surface area contributed by atoms with Gasteiger partial charge in [-0.2, -0.15) is 4.37 Å². The van der Waals surface area contributed by atoms with Gasteiger partial charge in [-0.05, 0) is 52.3 Å². The molecule has 0 aromatic carbocycles. The highest BCUT2D eigenvalue weighted by molar-refractivity contribution is 9.11. The Kier molecular flexibility index (Phi) is 4.72. The van der Waals surface area contributed by atoms with Crippen LogP contribution in [0.15, 0.2) is 20.8 Å². The molecule has 0 aliphatic carbocycles. The Morgan fingerprint density at radius 2 is 2.35 bits per heavy atom. The van der Waals surface area contributed by atoms with Gasteiger partial charge in [0, 0.05) is 11.4 Å². The molecule has 2 rings (SSSR count). The molecule has 3 N–H and O–H groups in total. The van der Waals surface area contributed by atoms with Crippen LogP contribution in [0.5, 0.6) is 0 Å². The molecule has 2 aromatic rings. The number of nitrogen functional groups attached to an aromatic ring is 1. The standard InChI is InChI=1S/C10H12BrN3S3/c1-15-8-9(12)14-17-10(8)13-5-4-6-2-3-7(11)16-6/h2-3,13H,4-5H2,1H3,(H2,12,14). The van der Waals surface area contributed by atoms with Gasteiger partial charge in [0.15, 0.2) is 5.82 Å². The average molecular weight is 350 g/mol. The van der Waals surface area contributed by atoms with Crippen LogP contribution in [-0.2, 0) is 6.42 Å². The zero-order valence-corrected chi connectivity index (χ0v) is 13.2. The number of nitrogens with two attached hydrogens (primary N) is 1. The predicted octanol–water partition coefficient (Wildman–Crippen LogP) is 3.93. The average Bonchev–Trinajstić information content (AvgIpc) is 2.86. The van der Waals surface area contributed by atoms with E-state index in [-0.39, 0.29) is 0 Å². The Labute approximate surface area is 121 Å². The fourth-order valence-corrected chi connectivity index (χ4v) is 4.44. The first-order valence-corrected chi connectivity index (χ1v) is 8.58. The van der Waals surface area contributed by atoms with Crippen molar-refractivity contribution in [3.8, 4) is 0 Å². The predicted molar refractivity (Wildman–Crippen MR) is 82.5 cm³/mol. The lowest BCUT2D eigenvalue weighted by molar-refractivity contribution is 1.04. The largest absolute Gasteiger partial charge is 0.382 e. The Bertz CT molecular complexity index is 495. The van der Waals surface area contributed by atoms with E-state index in [4.69, 9.17) is 5.73 Å². The highest BCUT2D eigenvalue weighted by Crippen LogP contribution is 2.34. The molecule has 7 heteroatoms. The summed E-state index contributed by atoms with van der Waals surface area (Å²) < 4.78 is 5.33. The lowest BCUT2D eigenvalue weighted by Gasteiger charge is -2.04. The molecular weight excluding hydrogens is 338 g/mol. The summed E-state index contributed by atoms with van der Waals surface area (Å²) in [6.45, 7) is 0.905. The van der Waals surface area contributed by atoms with Gasteiger partial charge in [-0.25, -0.2) is 0 Å². The smallest absolute Gasteiger partial charge is 0.153 e. The summed E-state index contributed by atoms with van der Waals surface area (Å²) in [7, 11) is 0. The van der Waals surface area contributed by atoms with Crippen LogP contribution < -0.4 is 11.1 Å². The van der Waals surface area contributed by atoms with Gasteiger partial charge in [0.2, 0.25) is 0 Å². The second-order valence-electron chi connectivity index (χ2n) is 3.31. The van der Waals surface area contributed by atoms with E-state index >= 15 is 0 Å². The molecule has 0 bridgehead atoms. The number of anilines is 2. The first kappa shape index (κ1) is 13.2. The molecule has 2 heterocycles. The molecule has 3 nitrogen and oxygen atoms in total. The van der Waals surface area contributed by atoms with Crippen molar-refractivity contribution in [3.05, 3.63) is 20.8 Å². The molecule has 0 aliphatic heterocycles. The zero-order chi connectivity index (χ0) is 12.3. The molecule has 2 aromatic heterocycles. The Balaban J connectivity index is 1.89. The molecule has 0 saturated heterocycles. The van der Waals surface area contributed by atoms with Crippen LogP contribution in [0.1, 0.15) is 4.88 Å². The van der Waals surface area contributed by atoms with E-state index < -0.39 is 0 Å². The van der Waals surface area contributed by atoms with Gasteiger partial charge in [-0.1, -0.05) is 0 Å². The highest BCUT2D eigenvalue weighted by atomic mass is 79.9. The molecule has 0 radical (unpaired) electrons. The molecule has 17 heavy (non-hydrogen) atoms. The summed E-state index contributed by atoms with van der Waals surface area (Å²) >= 11 is 8.30. The molecule has 0 saturated carbocycles. The fraction of sp³-hybridized carbons (Fsp3) is 0.300. The Morgan fingerprint density at radius 1 is 1.53 bits per heavy atom.